The number of nitrogens with zero attached hydrogens (tertiary/aromatic N) is 3. The average Bonchev–Trinajstić information content (AvgIpc) is 3.14. The molecule has 0 saturated carbocycles. The van der Waals surface area contributed by atoms with E-state index in [1.54, 1.807) is 6.20 Å². The third-order valence-electron chi connectivity index (χ3n) is 5.60. The molecule has 160 valence electrons. The van der Waals surface area contributed by atoms with E-state index in [1.807, 2.05) is 16.8 Å². The number of amides is 2. The standard InChI is InChI=1S/C24H24FN3O2S/c1-16-6-11-20(15-17(16)2)27-14-12-26-24(27)31-21-5-3-4-13-28(23(21)30)22(29)18-7-9-19(25)10-8-18/h6-12,14-15,21H,3-5,13H2,1-2H3. The normalized spacial score (nSPS) is 16.9. The highest BCUT2D eigenvalue weighted by Crippen LogP contribution is 2.31. The maximum Gasteiger partial charge on any atom is 0.260 e. The van der Waals surface area contributed by atoms with Crippen LogP contribution in [0.15, 0.2) is 60.0 Å². The van der Waals surface area contributed by atoms with Gasteiger partial charge in [-0.25, -0.2) is 9.37 Å². The molecule has 1 saturated heterocycles. The smallest absolute Gasteiger partial charge is 0.260 e. The van der Waals surface area contributed by atoms with E-state index in [-0.39, 0.29) is 11.8 Å². The van der Waals surface area contributed by atoms with Crippen LogP contribution in [0.2, 0.25) is 0 Å². The highest BCUT2D eigenvalue weighted by Gasteiger charge is 2.33. The first kappa shape index (κ1) is 21.3. The van der Waals surface area contributed by atoms with Gasteiger partial charge in [0.15, 0.2) is 5.16 Å². The second-order valence-corrected chi connectivity index (χ2v) is 8.92. The van der Waals surface area contributed by atoms with Crippen LogP contribution in [0.1, 0.15) is 40.7 Å². The summed E-state index contributed by atoms with van der Waals surface area (Å²) >= 11 is 1.39. The largest absolute Gasteiger partial charge is 0.295 e. The van der Waals surface area contributed by atoms with E-state index in [0.29, 0.717) is 18.5 Å². The van der Waals surface area contributed by atoms with Gasteiger partial charge in [0.25, 0.3) is 5.91 Å². The fourth-order valence-corrected chi connectivity index (χ4v) is 4.81. The Bertz CT molecular complexity index is 1110. The maximum atomic E-state index is 13.3. The third-order valence-corrected chi connectivity index (χ3v) is 6.83. The van der Waals surface area contributed by atoms with Gasteiger partial charge in [-0.3, -0.25) is 19.1 Å². The van der Waals surface area contributed by atoms with Gasteiger partial charge in [-0.1, -0.05) is 24.2 Å². The molecule has 1 aliphatic heterocycles. The molecule has 1 fully saturated rings. The summed E-state index contributed by atoms with van der Waals surface area (Å²) in [5, 5.41) is 0.317. The van der Waals surface area contributed by atoms with Gasteiger partial charge in [-0.05, 0) is 74.2 Å². The molecule has 2 aromatic carbocycles. The Morgan fingerprint density at radius 1 is 1.10 bits per heavy atom. The first-order valence-electron chi connectivity index (χ1n) is 10.3. The maximum absolute atomic E-state index is 13.3. The van der Waals surface area contributed by atoms with E-state index in [4.69, 9.17) is 0 Å². The number of imidazole rings is 1. The summed E-state index contributed by atoms with van der Waals surface area (Å²) in [6, 6.07) is 11.5. The first-order valence-corrected chi connectivity index (χ1v) is 11.2. The molecule has 2 heterocycles. The zero-order chi connectivity index (χ0) is 22.0. The van der Waals surface area contributed by atoms with Gasteiger partial charge in [0, 0.05) is 30.2 Å². The molecule has 0 aliphatic carbocycles. The number of halogens is 1. The number of imide groups is 1. The van der Waals surface area contributed by atoms with Crippen molar-refractivity contribution < 1.29 is 14.0 Å². The summed E-state index contributed by atoms with van der Waals surface area (Å²) in [7, 11) is 0. The highest BCUT2D eigenvalue weighted by molar-refractivity contribution is 8.00. The number of thioether (sulfide) groups is 1. The summed E-state index contributed by atoms with van der Waals surface area (Å²) in [6.07, 6.45) is 5.88. The van der Waals surface area contributed by atoms with Crippen LogP contribution in [0.3, 0.4) is 0 Å². The molecule has 5 nitrogen and oxygen atoms in total. The predicted molar refractivity (Wildman–Crippen MR) is 119 cm³/mol. The minimum Gasteiger partial charge on any atom is -0.295 e. The van der Waals surface area contributed by atoms with Crippen LogP contribution in [0.25, 0.3) is 5.69 Å². The number of carbonyl (C=O) groups is 2. The monoisotopic (exact) mass is 437 g/mol. The van der Waals surface area contributed by atoms with E-state index in [1.165, 1.54) is 52.1 Å². The van der Waals surface area contributed by atoms with Crippen LogP contribution < -0.4 is 0 Å². The van der Waals surface area contributed by atoms with Gasteiger partial charge in [0.1, 0.15) is 5.82 Å². The molecule has 1 unspecified atom stereocenters. The molecule has 31 heavy (non-hydrogen) atoms. The van der Waals surface area contributed by atoms with Crippen molar-refractivity contribution in [3.05, 3.63) is 77.4 Å². The molecule has 4 rings (SSSR count). The lowest BCUT2D eigenvalue weighted by Gasteiger charge is -2.22. The Hall–Kier alpha value is -2.93. The SMILES string of the molecule is Cc1ccc(-n2ccnc2SC2CCCCN(C(=O)c3ccc(F)cc3)C2=O)cc1C. The van der Waals surface area contributed by atoms with Crippen molar-refractivity contribution in [2.24, 2.45) is 0 Å². The Balaban J connectivity index is 1.57. The van der Waals surface area contributed by atoms with Gasteiger partial charge in [-0.15, -0.1) is 0 Å². The molecular weight excluding hydrogens is 413 g/mol. The Kier molecular flexibility index (Phi) is 6.23. The van der Waals surface area contributed by atoms with E-state index < -0.39 is 11.1 Å². The second-order valence-electron chi connectivity index (χ2n) is 7.75. The molecular formula is C24H24FN3O2S. The van der Waals surface area contributed by atoms with Crippen molar-refractivity contribution in [3.8, 4) is 5.69 Å². The number of carbonyl (C=O) groups excluding carboxylic acids is 2. The molecule has 2 amide bonds. The number of rotatable bonds is 4. The lowest BCUT2D eigenvalue weighted by atomic mass is 10.1. The summed E-state index contributed by atoms with van der Waals surface area (Å²) < 4.78 is 15.2. The molecule has 0 radical (unpaired) electrons. The van der Waals surface area contributed by atoms with Gasteiger partial charge in [0.05, 0.1) is 5.25 Å². The van der Waals surface area contributed by atoms with Crippen molar-refractivity contribution in [3.63, 3.8) is 0 Å². The Morgan fingerprint density at radius 3 is 2.61 bits per heavy atom. The van der Waals surface area contributed by atoms with Crippen molar-refractivity contribution >= 4 is 23.6 Å². The number of hydrogen-bond donors (Lipinski definition) is 0. The molecule has 7 heteroatoms. The van der Waals surface area contributed by atoms with Crippen LogP contribution in [-0.2, 0) is 4.79 Å². The van der Waals surface area contributed by atoms with E-state index >= 15 is 0 Å². The number of aromatic nitrogens is 2. The Morgan fingerprint density at radius 2 is 1.87 bits per heavy atom. The summed E-state index contributed by atoms with van der Waals surface area (Å²) in [4.78, 5) is 32.0. The zero-order valence-corrected chi connectivity index (χ0v) is 18.4. The van der Waals surface area contributed by atoms with Crippen molar-refractivity contribution in [1.29, 1.82) is 0 Å². The molecule has 0 N–H and O–H groups in total. The highest BCUT2D eigenvalue weighted by atomic mass is 32.2. The van der Waals surface area contributed by atoms with E-state index in [9.17, 15) is 14.0 Å². The molecule has 0 bridgehead atoms. The minimum absolute atomic E-state index is 0.216. The van der Waals surface area contributed by atoms with Gasteiger partial charge in [-0.2, -0.15) is 0 Å². The van der Waals surface area contributed by atoms with Gasteiger partial charge < -0.3 is 0 Å². The molecule has 3 aromatic rings. The molecule has 1 aliphatic rings. The number of likely N-dealkylation sites (tertiary alicyclic amines) is 1. The average molecular weight is 438 g/mol. The fourth-order valence-electron chi connectivity index (χ4n) is 3.64. The Labute approximate surface area is 185 Å². The molecule has 1 atom stereocenters. The summed E-state index contributed by atoms with van der Waals surface area (Å²) in [6.45, 7) is 4.51. The summed E-state index contributed by atoms with van der Waals surface area (Å²) in [5.41, 5.74) is 3.70. The van der Waals surface area contributed by atoms with Crippen molar-refractivity contribution in [2.75, 3.05) is 6.54 Å². The van der Waals surface area contributed by atoms with Crippen molar-refractivity contribution in [1.82, 2.24) is 14.5 Å². The fraction of sp³-hybridized carbons (Fsp3) is 0.292. The van der Waals surface area contributed by atoms with Crippen LogP contribution in [0.4, 0.5) is 4.39 Å². The quantitative estimate of drug-likeness (QED) is 0.543. The van der Waals surface area contributed by atoms with Crippen LogP contribution >= 0.6 is 11.8 Å². The molecule has 1 aromatic heterocycles. The van der Waals surface area contributed by atoms with Crippen molar-refractivity contribution in [2.45, 2.75) is 43.5 Å². The van der Waals surface area contributed by atoms with Crippen LogP contribution in [0.5, 0.6) is 0 Å². The summed E-state index contributed by atoms with van der Waals surface area (Å²) in [5.74, 6) is -1.01. The number of aryl methyl sites for hydroxylation is 2. The lowest BCUT2D eigenvalue weighted by Crippen LogP contribution is -2.41. The zero-order valence-electron chi connectivity index (χ0n) is 17.5. The molecule has 0 spiro atoms. The second kappa shape index (κ2) is 9.06. The number of benzene rings is 2. The third kappa shape index (κ3) is 4.56. The van der Waals surface area contributed by atoms with E-state index in [0.717, 1.165) is 23.7 Å². The predicted octanol–water partition coefficient (Wildman–Crippen LogP) is 4.94. The van der Waals surface area contributed by atoms with Crippen LogP contribution in [-0.4, -0.2) is 38.1 Å². The first-order chi connectivity index (χ1) is 14.9. The lowest BCUT2D eigenvalue weighted by molar-refractivity contribution is -0.127. The number of hydrogen-bond acceptors (Lipinski definition) is 4. The van der Waals surface area contributed by atoms with Gasteiger partial charge in [0.2, 0.25) is 5.91 Å². The van der Waals surface area contributed by atoms with Gasteiger partial charge >= 0.3 is 0 Å². The topological polar surface area (TPSA) is 55.2 Å². The van der Waals surface area contributed by atoms with E-state index in [2.05, 4.69) is 31.0 Å². The van der Waals surface area contributed by atoms with Crippen LogP contribution in [0, 0.1) is 19.7 Å². The minimum atomic E-state index is -0.412.